The zero-order chi connectivity index (χ0) is 16.6. The molecule has 0 aliphatic carbocycles. The molecule has 0 unspecified atom stereocenters. The summed E-state index contributed by atoms with van der Waals surface area (Å²) in [5, 5.41) is 8.36. The Hall–Kier alpha value is -1.77. The number of hydrogen-bond acceptors (Lipinski definition) is 3. The molecular formula is C19H22IrNO2-. The molecule has 2 rings (SSSR count). The van der Waals surface area contributed by atoms with Crippen LogP contribution in [0.4, 0.5) is 0 Å². The molecule has 1 N–H and O–H groups in total. The summed E-state index contributed by atoms with van der Waals surface area (Å²) in [5.41, 5.74) is 2.17. The van der Waals surface area contributed by atoms with Crippen molar-refractivity contribution < 1.29 is 30.0 Å². The predicted octanol–water partition coefficient (Wildman–Crippen LogP) is 4.24. The maximum atomic E-state index is 10.0. The van der Waals surface area contributed by atoms with E-state index >= 15 is 0 Å². The van der Waals surface area contributed by atoms with Gasteiger partial charge in [-0.3, -0.25) is 9.78 Å². The first-order chi connectivity index (χ1) is 10.3. The quantitative estimate of drug-likeness (QED) is 0.400. The Kier molecular flexibility index (Phi) is 9.31. The number of hydrogen-bond donors (Lipinski definition) is 1. The Morgan fingerprint density at radius 1 is 1.17 bits per heavy atom. The van der Waals surface area contributed by atoms with E-state index in [2.05, 4.69) is 37.0 Å². The third kappa shape index (κ3) is 7.36. The summed E-state index contributed by atoms with van der Waals surface area (Å²) in [6, 6.07) is 17.3. The summed E-state index contributed by atoms with van der Waals surface area (Å²) in [6.07, 6.45) is 3.00. The molecule has 0 aliphatic heterocycles. The van der Waals surface area contributed by atoms with E-state index in [-0.39, 0.29) is 37.1 Å². The van der Waals surface area contributed by atoms with Crippen molar-refractivity contribution in [3.63, 3.8) is 0 Å². The molecule has 0 aliphatic rings. The molecule has 0 saturated heterocycles. The predicted molar refractivity (Wildman–Crippen MR) is 88.7 cm³/mol. The van der Waals surface area contributed by atoms with E-state index in [0.717, 1.165) is 5.69 Å². The van der Waals surface area contributed by atoms with Crippen molar-refractivity contribution in [2.75, 3.05) is 0 Å². The Morgan fingerprint density at radius 2 is 1.83 bits per heavy atom. The third-order valence-corrected chi connectivity index (χ3v) is 3.10. The van der Waals surface area contributed by atoms with Gasteiger partial charge in [-0.1, -0.05) is 19.9 Å². The van der Waals surface area contributed by atoms with Crippen molar-refractivity contribution in [1.82, 2.24) is 4.98 Å². The van der Waals surface area contributed by atoms with Crippen LogP contribution in [0, 0.1) is 6.07 Å². The number of allylic oxidation sites excluding steroid dienone is 2. The van der Waals surface area contributed by atoms with Gasteiger partial charge in [0, 0.05) is 43.5 Å². The minimum absolute atomic E-state index is 0. The van der Waals surface area contributed by atoms with Crippen LogP contribution in [0.3, 0.4) is 0 Å². The maximum absolute atomic E-state index is 10.0. The van der Waals surface area contributed by atoms with Gasteiger partial charge in [-0.2, -0.15) is 35.9 Å². The molecule has 1 aromatic heterocycles. The van der Waals surface area contributed by atoms with E-state index in [9.17, 15) is 4.79 Å². The Morgan fingerprint density at radius 3 is 2.22 bits per heavy atom. The molecule has 1 aromatic carbocycles. The molecule has 0 atom stereocenters. The van der Waals surface area contributed by atoms with Crippen LogP contribution in [0.25, 0.3) is 0 Å². The van der Waals surface area contributed by atoms with Gasteiger partial charge in [-0.15, -0.1) is 0 Å². The monoisotopic (exact) mass is 489 g/mol. The smallest absolute Gasteiger partial charge is 0.155 e. The Labute approximate surface area is 151 Å². The SMILES string of the molecule is CC(=O)/C=C(/C)O.CC(C)(c1[c-]cccc1)c1ccccn1.[Ir]. The molecule has 3 nitrogen and oxygen atoms in total. The fourth-order valence-corrected chi connectivity index (χ4v) is 1.95. The number of nitrogens with zero attached hydrogens (tertiary/aromatic N) is 1. The van der Waals surface area contributed by atoms with Crippen molar-refractivity contribution in [2.45, 2.75) is 33.1 Å². The summed E-state index contributed by atoms with van der Waals surface area (Å²) in [4.78, 5) is 14.4. The number of aromatic nitrogens is 1. The summed E-state index contributed by atoms with van der Waals surface area (Å²) in [7, 11) is 0. The average Bonchev–Trinajstić information content (AvgIpc) is 2.48. The largest absolute Gasteiger partial charge is 0.512 e. The number of benzene rings is 1. The van der Waals surface area contributed by atoms with E-state index < -0.39 is 0 Å². The number of carbonyl (C=O) groups excluding carboxylic acids is 1. The van der Waals surface area contributed by atoms with Gasteiger partial charge in [0.1, 0.15) is 0 Å². The first-order valence-electron chi connectivity index (χ1n) is 7.10. The van der Waals surface area contributed by atoms with Crippen LogP contribution >= 0.6 is 0 Å². The zero-order valence-electron chi connectivity index (χ0n) is 13.8. The first kappa shape index (κ1) is 21.2. The summed E-state index contributed by atoms with van der Waals surface area (Å²) in [5.74, 6) is -0.0625. The van der Waals surface area contributed by atoms with Crippen LogP contribution in [0.2, 0.25) is 0 Å². The van der Waals surface area contributed by atoms with E-state index in [0.29, 0.717) is 0 Å². The Bertz CT molecular complexity index is 577. The summed E-state index contributed by atoms with van der Waals surface area (Å²) >= 11 is 0. The van der Waals surface area contributed by atoms with Gasteiger partial charge in [0.25, 0.3) is 0 Å². The number of aliphatic hydroxyl groups excluding tert-OH is 1. The molecule has 0 fully saturated rings. The molecular weight excluding hydrogens is 466 g/mol. The van der Waals surface area contributed by atoms with E-state index in [1.165, 1.54) is 25.5 Å². The minimum atomic E-state index is -0.125. The van der Waals surface area contributed by atoms with Crippen molar-refractivity contribution in [1.29, 1.82) is 0 Å². The molecule has 23 heavy (non-hydrogen) atoms. The van der Waals surface area contributed by atoms with Crippen molar-refractivity contribution in [3.8, 4) is 0 Å². The number of pyridine rings is 1. The fourth-order valence-electron chi connectivity index (χ4n) is 1.95. The Balaban J connectivity index is 0.000000522. The fraction of sp³-hybridized carbons (Fsp3) is 0.263. The second-order valence-electron chi connectivity index (χ2n) is 5.51. The van der Waals surface area contributed by atoms with Crippen LogP contribution in [-0.4, -0.2) is 15.9 Å². The first-order valence-corrected chi connectivity index (χ1v) is 7.10. The summed E-state index contributed by atoms with van der Waals surface area (Å²) < 4.78 is 0. The van der Waals surface area contributed by atoms with Crippen LogP contribution < -0.4 is 0 Å². The molecule has 4 heteroatoms. The second-order valence-corrected chi connectivity index (χ2v) is 5.51. The van der Waals surface area contributed by atoms with Gasteiger partial charge in [-0.25, -0.2) is 0 Å². The molecule has 0 bridgehead atoms. The van der Waals surface area contributed by atoms with Gasteiger partial charge >= 0.3 is 0 Å². The number of aliphatic hydroxyl groups is 1. The molecule has 0 saturated carbocycles. The molecule has 1 heterocycles. The van der Waals surface area contributed by atoms with Crippen LogP contribution in [-0.2, 0) is 30.3 Å². The molecule has 1 radical (unpaired) electrons. The number of rotatable bonds is 3. The number of ketones is 1. The van der Waals surface area contributed by atoms with Crippen molar-refractivity contribution >= 4 is 5.78 Å². The van der Waals surface area contributed by atoms with Crippen LogP contribution in [0.5, 0.6) is 0 Å². The van der Waals surface area contributed by atoms with Gasteiger partial charge in [-0.05, 0) is 26.0 Å². The minimum Gasteiger partial charge on any atom is -0.512 e. The van der Waals surface area contributed by atoms with E-state index in [1.54, 1.807) is 0 Å². The maximum Gasteiger partial charge on any atom is 0.155 e. The van der Waals surface area contributed by atoms with Crippen molar-refractivity contribution in [3.05, 3.63) is 77.8 Å². The topological polar surface area (TPSA) is 50.2 Å². The second kappa shape index (κ2) is 10.1. The normalized spacial score (nSPS) is 10.9. The zero-order valence-corrected chi connectivity index (χ0v) is 16.2. The average molecular weight is 489 g/mol. The van der Waals surface area contributed by atoms with Crippen LogP contribution in [0.15, 0.2) is 60.5 Å². The molecule has 0 spiro atoms. The summed E-state index contributed by atoms with van der Waals surface area (Å²) in [6.45, 7) is 7.18. The van der Waals surface area contributed by atoms with Gasteiger partial charge in [0.15, 0.2) is 5.78 Å². The van der Waals surface area contributed by atoms with Crippen LogP contribution in [0.1, 0.15) is 39.0 Å². The van der Waals surface area contributed by atoms with Gasteiger partial charge in [0.05, 0.1) is 5.76 Å². The molecule has 2 aromatic rings. The van der Waals surface area contributed by atoms with E-state index in [1.807, 2.05) is 36.5 Å². The van der Waals surface area contributed by atoms with Gasteiger partial charge in [0.2, 0.25) is 0 Å². The van der Waals surface area contributed by atoms with E-state index in [4.69, 9.17) is 5.11 Å². The van der Waals surface area contributed by atoms with Crippen molar-refractivity contribution in [2.24, 2.45) is 0 Å². The third-order valence-electron chi connectivity index (χ3n) is 3.10. The van der Waals surface area contributed by atoms with Gasteiger partial charge < -0.3 is 5.11 Å². The standard InChI is InChI=1S/C14H14N.C5H8O2.Ir/c1-14(2,12-8-4-3-5-9-12)13-10-6-7-11-15-13;1-4(6)3-5(2)7;/h3-8,10-11H,1-2H3;3,6H,1-2H3;/q-1;;/b;4-3-;. The molecule has 125 valence electrons. The molecule has 0 amide bonds. The number of carbonyl (C=O) groups is 1.